The van der Waals surface area contributed by atoms with Crippen LogP contribution in [0.1, 0.15) is 51.2 Å². The maximum absolute atomic E-state index is 13.7. The predicted octanol–water partition coefficient (Wildman–Crippen LogP) is 5.18. The van der Waals surface area contributed by atoms with Gasteiger partial charge in [-0.3, -0.25) is 9.78 Å². The summed E-state index contributed by atoms with van der Waals surface area (Å²) in [7, 11) is 0. The van der Waals surface area contributed by atoms with Crippen molar-refractivity contribution in [2.75, 3.05) is 19.6 Å². The van der Waals surface area contributed by atoms with Crippen molar-refractivity contribution >= 4 is 11.0 Å². The second-order valence-corrected chi connectivity index (χ2v) is 10.2. The van der Waals surface area contributed by atoms with Crippen molar-refractivity contribution in [2.45, 2.75) is 58.4 Å². The summed E-state index contributed by atoms with van der Waals surface area (Å²) in [6.45, 7) is 10.2. The van der Waals surface area contributed by atoms with Crippen LogP contribution in [-0.4, -0.2) is 34.1 Å². The first-order valence-electron chi connectivity index (χ1n) is 11.8. The van der Waals surface area contributed by atoms with Crippen molar-refractivity contribution in [3.63, 3.8) is 0 Å². The second kappa shape index (κ2) is 9.53. The first kappa shape index (κ1) is 22.7. The number of halogens is 1. The molecule has 0 aliphatic carbocycles. The van der Waals surface area contributed by atoms with Crippen LogP contribution in [0.15, 0.2) is 53.5 Å². The van der Waals surface area contributed by atoms with Gasteiger partial charge in [-0.15, -0.1) is 0 Å². The number of pyridine rings is 2. The van der Waals surface area contributed by atoms with Gasteiger partial charge in [0.25, 0.3) is 5.56 Å². The van der Waals surface area contributed by atoms with Crippen molar-refractivity contribution in [3.8, 4) is 0 Å². The quantitative estimate of drug-likeness (QED) is 0.536. The van der Waals surface area contributed by atoms with E-state index in [9.17, 15) is 9.18 Å². The highest BCUT2D eigenvalue weighted by molar-refractivity contribution is 5.74. The number of hydrogen-bond acceptors (Lipinski definition) is 3. The van der Waals surface area contributed by atoms with Crippen LogP contribution in [0.5, 0.6) is 0 Å². The van der Waals surface area contributed by atoms with Gasteiger partial charge in [-0.25, -0.2) is 4.39 Å². The van der Waals surface area contributed by atoms with Crippen LogP contribution in [-0.2, 0) is 18.4 Å². The number of aromatic nitrogens is 2. The number of rotatable bonds is 6. The third kappa shape index (κ3) is 5.44. The molecular formula is C27H34FN3O. The van der Waals surface area contributed by atoms with Crippen LogP contribution in [0, 0.1) is 11.7 Å². The third-order valence-electron chi connectivity index (χ3n) is 6.81. The molecule has 0 unspecified atom stereocenters. The molecule has 1 aliphatic rings. The van der Waals surface area contributed by atoms with Gasteiger partial charge in [-0.2, -0.15) is 0 Å². The molecule has 0 atom stereocenters. The number of benzene rings is 1. The lowest BCUT2D eigenvalue weighted by molar-refractivity contribution is 0.174. The molecular weight excluding hydrogens is 401 g/mol. The molecule has 1 saturated heterocycles. The van der Waals surface area contributed by atoms with E-state index in [4.69, 9.17) is 0 Å². The molecule has 0 radical (unpaired) electrons. The Kier molecular flexibility index (Phi) is 6.75. The number of nitrogens with zero attached hydrogens (tertiary/aromatic N) is 3. The van der Waals surface area contributed by atoms with Gasteiger partial charge in [0.15, 0.2) is 0 Å². The number of hydrogen-bond donors (Lipinski definition) is 0. The molecule has 1 aromatic carbocycles. The number of piperidine rings is 1. The molecule has 5 heteroatoms. The summed E-state index contributed by atoms with van der Waals surface area (Å²) < 4.78 is 15.3. The van der Waals surface area contributed by atoms with E-state index < -0.39 is 5.82 Å². The van der Waals surface area contributed by atoms with E-state index in [1.807, 2.05) is 0 Å². The lowest BCUT2D eigenvalue weighted by Crippen LogP contribution is -2.37. The molecule has 0 saturated carbocycles. The van der Waals surface area contributed by atoms with E-state index in [1.165, 1.54) is 48.7 Å². The molecule has 32 heavy (non-hydrogen) atoms. The van der Waals surface area contributed by atoms with Crippen LogP contribution in [0.2, 0.25) is 0 Å². The van der Waals surface area contributed by atoms with E-state index in [1.54, 1.807) is 10.6 Å². The molecule has 0 spiro atoms. The van der Waals surface area contributed by atoms with Gasteiger partial charge >= 0.3 is 0 Å². The predicted molar refractivity (Wildman–Crippen MR) is 129 cm³/mol. The molecule has 2 aromatic heterocycles. The average molecular weight is 436 g/mol. The maximum atomic E-state index is 13.7. The molecule has 170 valence electrons. The zero-order chi connectivity index (χ0) is 22.7. The number of fused-ring (bicyclic) bond motifs is 1. The lowest BCUT2D eigenvalue weighted by Gasteiger charge is -2.32. The van der Waals surface area contributed by atoms with E-state index in [0.29, 0.717) is 17.6 Å². The van der Waals surface area contributed by atoms with Crippen molar-refractivity contribution in [1.29, 1.82) is 0 Å². The fraction of sp³-hybridized carbons (Fsp3) is 0.481. The Labute approximate surface area is 190 Å². The summed E-state index contributed by atoms with van der Waals surface area (Å²) in [4.78, 5) is 18.9. The van der Waals surface area contributed by atoms with E-state index in [-0.39, 0.29) is 11.0 Å². The van der Waals surface area contributed by atoms with Crippen molar-refractivity contribution in [3.05, 3.63) is 76.0 Å². The standard InChI is InChI=1S/C27H34FN3O/c1-27(2,3)22-8-6-20(7-9-22)4-5-21-12-14-30(15-13-21)16-17-31-25-18-23(28)19-29-24(25)10-11-26(31)32/h6-11,18-19,21H,4-5,12-17H2,1-3H3. The summed E-state index contributed by atoms with van der Waals surface area (Å²) in [6, 6.07) is 13.7. The van der Waals surface area contributed by atoms with Crippen LogP contribution in [0.4, 0.5) is 4.39 Å². The molecule has 3 heterocycles. The third-order valence-corrected chi connectivity index (χ3v) is 6.81. The molecule has 4 rings (SSSR count). The zero-order valence-corrected chi connectivity index (χ0v) is 19.5. The minimum absolute atomic E-state index is 0.0998. The molecule has 1 aliphatic heterocycles. The van der Waals surface area contributed by atoms with Crippen LogP contribution < -0.4 is 5.56 Å². The van der Waals surface area contributed by atoms with Crippen LogP contribution in [0.25, 0.3) is 11.0 Å². The maximum Gasteiger partial charge on any atom is 0.251 e. The highest BCUT2D eigenvalue weighted by Crippen LogP contribution is 2.25. The van der Waals surface area contributed by atoms with E-state index >= 15 is 0 Å². The van der Waals surface area contributed by atoms with Crippen molar-refractivity contribution in [2.24, 2.45) is 5.92 Å². The Balaban J connectivity index is 1.27. The van der Waals surface area contributed by atoms with Gasteiger partial charge in [0.1, 0.15) is 5.82 Å². The first-order valence-corrected chi connectivity index (χ1v) is 11.8. The number of aryl methyl sites for hydroxylation is 1. The molecule has 0 bridgehead atoms. The Morgan fingerprint density at radius 2 is 1.75 bits per heavy atom. The average Bonchev–Trinajstić information content (AvgIpc) is 2.77. The largest absolute Gasteiger partial charge is 0.305 e. The summed E-state index contributed by atoms with van der Waals surface area (Å²) in [5.74, 6) is 0.345. The normalized spacial score (nSPS) is 16.0. The number of likely N-dealkylation sites (tertiary alicyclic amines) is 1. The Bertz CT molecular complexity index is 1110. The minimum atomic E-state index is -0.411. The van der Waals surface area contributed by atoms with Gasteiger partial charge in [0.2, 0.25) is 0 Å². The second-order valence-electron chi connectivity index (χ2n) is 10.2. The summed E-state index contributed by atoms with van der Waals surface area (Å²) >= 11 is 0. The molecule has 0 N–H and O–H groups in total. The Morgan fingerprint density at radius 3 is 2.44 bits per heavy atom. The summed E-state index contributed by atoms with van der Waals surface area (Å²) in [5, 5.41) is 0. The minimum Gasteiger partial charge on any atom is -0.305 e. The topological polar surface area (TPSA) is 38.1 Å². The zero-order valence-electron chi connectivity index (χ0n) is 19.5. The Morgan fingerprint density at radius 1 is 1.03 bits per heavy atom. The van der Waals surface area contributed by atoms with Crippen molar-refractivity contribution < 1.29 is 4.39 Å². The van der Waals surface area contributed by atoms with E-state index in [2.05, 4.69) is 54.9 Å². The van der Waals surface area contributed by atoms with Gasteiger partial charge in [-0.05, 0) is 67.3 Å². The molecule has 3 aromatic rings. The van der Waals surface area contributed by atoms with Crippen LogP contribution in [0.3, 0.4) is 0 Å². The summed E-state index contributed by atoms with van der Waals surface area (Å²) in [6.07, 6.45) is 5.96. The van der Waals surface area contributed by atoms with Gasteiger partial charge < -0.3 is 9.47 Å². The molecule has 4 nitrogen and oxygen atoms in total. The lowest BCUT2D eigenvalue weighted by atomic mass is 9.85. The van der Waals surface area contributed by atoms with Crippen molar-refractivity contribution in [1.82, 2.24) is 14.5 Å². The first-order chi connectivity index (χ1) is 15.3. The SMILES string of the molecule is CC(C)(C)c1ccc(CCC2CCN(CCn3c(=O)ccc4ncc(F)cc43)CC2)cc1. The van der Waals surface area contributed by atoms with Gasteiger partial charge in [0.05, 0.1) is 17.2 Å². The molecule has 1 fully saturated rings. The fourth-order valence-corrected chi connectivity index (χ4v) is 4.66. The molecule has 0 amide bonds. The van der Waals surface area contributed by atoms with Gasteiger partial charge in [-0.1, -0.05) is 45.0 Å². The fourth-order valence-electron chi connectivity index (χ4n) is 4.66. The highest BCUT2D eigenvalue weighted by Gasteiger charge is 2.19. The summed E-state index contributed by atoms with van der Waals surface area (Å²) in [5.41, 5.74) is 4.14. The Hall–Kier alpha value is -2.53. The smallest absolute Gasteiger partial charge is 0.251 e. The van der Waals surface area contributed by atoms with E-state index in [0.717, 1.165) is 32.0 Å². The highest BCUT2D eigenvalue weighted by atomic mass is 19.1. The van der Waals surface area contributed by atoms with Gasteiger partial charge in [0, 0.05) is 25.2 Å². The monoisotopic (exact) mass is 435 g/mol. The van der Waals surface area contributed by atoms with Crippen LogP contribution >= 0.6 is 0 Å².